The average Bonchev–Trinajstić information content (AvgIpc) is 3.15. The van der Waals surface area contributed by atoms with Crippen molar-refractivity contribution < 1.29 is 13.6 Å². The third kappa shape index (κ3) is 4.90. The Morgan fingerprint density at radius 1 is 1.12 bits per heavy atom. The summed E-state index contributed by atoms with van der Waals surface area (Å²) >= 11 is 0. The molecule has 1 N–H and O–H groups in total. The average molecular weight is 466 g/mol. The zero-order valence-electron chi connectivity index (χ0n) is 20.1. The molecule has 1 aliphatic rings. The van der Waals surface area contributed by atoms with Crippen LogP contribution in [0.4, 0.5) is 20.3 Å². The van der Waals surface area contributed by atoms with Crippen molar-refractivity contribution in [2.45, 2.75) is 47.0 Å². The van der Waals surface area contributed by atoms with Crippen molar-refractivity contribution in [3.63, 3.8) is 0 Å². The maximum absolute atomic E-state index is 14.8. The summed E-state index contributed by atoms with van der Waals surface area (Å²) in [6, 6.07) is 4.96. The number of carbonyl (C=O) groups is 1. The first-order valence-corrected chi connectivity index (χ1v) is 11.4. The van der Waals surface area contributed by atoms with Crippen molar-refractivity contribution >= 4 is 17.4 Å². The molecule has 0 atom stereocenters. The molecule has 3 heterocycles. The van der Waals surface area contributed by atoms with Gasteiger partial charge in [-0.25, -0.2) is 23.7 Å². The molecule has 178 valence electrons. The number of hydrogen-bond acceptors (Lipinski definition) is 5. The Kier molecular flexibility index (Phi) is 6.34. The third-order valence-electron chi connectivity index (χ3n) is 6.01. The van der Waals surface area contributed by atoms with Gasteiger partial charge in [0, 0.05) is 48.2 Å². The lowest BCUT2D eigenvalue weighted by atomic mass is 9.93. The molecular weight excluding hydrogens is 436 g/mol. The smallest absolute Gasteiger partial charge is 0.258 e. The second-order valence-corrected chi connectivity index (χ2v) is 9.91. The Morgan fingerprint density at radius 2 is 1.82 bits per heavy atom. The molecule has 0 bridgehead atoms. The molecule has 8 heteroatoms. The van der Waals surface area contributed by atoms with Crippen LogP contribution in [0.5, 0.6) is 0 Å². The van der Waals surface area contributed by atoms with Gasteiger partial charge in [0.2, 0.25) is 0 Å². The normalized spacial score (nSPS) is 15.1. The van der Waals surface area contributed by atoms with E-state index in [1.54, 1.807) is 13.0 Å². The molecule has 1 fully saturated rings. The Morgan fingerprint density at radius 3 is 2.44 bits per heavy atom. The highest BCUT2D eigenvalue weighted by Gasteiger charge is 2.32. The lowest BCUT2D eigenvalue weighted by Crippen LogP contribution is -2.26. The minimum Gasteiger partial charge on any atom is -0.354 e. The molecule has 1 amide bonds. The number of aromatic nitrogens is 3. The van der Waals surface area contributed by atoms with E-state index < -0.39 is 17.5 Å². The number of nitrogens with one attached hydrogen (secondary N) is 1. The predicted octanol–water partition coefficient (Wildman–Crippen LogP) is 5.74. The molecule has 2 aromatic heterocycles. The number of rotatable bonds is 5. The molecule has 1 aliphatic heterocycles. The fourth-order valence-electron chi connectivity index (χ4n) is 4.16. The van der Waals surface area contributed by atoms with Crippen LogP contribution >= 0.6 is 0 Å². The van der Waals surface area contributed by atoms with Gasteiger partial charge in [-0.3, -0.25) is 4.79 Å². The summed E-state index contributed by atoms with van der Waals surface area (Å²) < 4.78 is 28.9. The minimum atomic E-state index is -0.583. The minimum absolute atomic E-state index is 0.0620. The van der Waals surface area contributed by atoms with Gasteiger partial charge >= 0.3 is 0 Å². The first kappa shape index (κ1) is 23.7. The first-order valence-electron chi connectivity index (χ1n) is 11.4. The summed E-state index contributed by atoms with van der Waals surface area (Å²) in [5.41, 5.74) is 1.75. The largest absolute Gasteiger partial charge is 0.354 e. The molecule has 0 aliphatic carbocycles. The molecule has 1 saturated heterocycles. The monoisotopic (exact) mass is 465 g/mol. The van der Waals surface area contributed by atoms with Gasteiger partial charge in [-0.2, -0.15) is 0 Å². The van der Waals surface area contributed by atoms with Gasteiger partial charge in [0.05, 0.1) is 11.3 Å². The van der Waals surface area contributed by atoms with Crippen molar-refractivity contribution in [2.75, 3.05) is 23.3 Å². The maximum Gasteiger partial charge on any atom is 0.258 e. The molecule has 0 radical (unpaired) electrons. The van der Waals surface area contributed by atoms with Crippen molar-refractivity contribution in [3.05, 3.63) is 65.4 Å². The van der Waals surface area contributed by atoms with Gasteiger partial charge in [0.15, 0.2) is 5.82 Å². The number of amides is 1. The van der Waals surface area contributed by atoms with Gasteiger partial charge in [0.1, 0.15) is 17.5 Å². The maximum atomic E-state index is 14.8. The number of nitrogens with zero attached hydrogens (tertiary/aromatic N) is 4. The van der Waals surface area contributed by atoms with Crippen molar-refractivity contribution in [1.82, 2.24) is 15.0 Å². The fraction of sp³-hybridized carbons (Fsp3) is 0.385. The first-order chi connectivity index (χ1) is 16.0. The van der Waals surface area contributed by atoms with Crippen LogP contribution in [0.2, 0.25) is 0 Å². The second-order valence-electron chi connectivity index (χ2n) is 9.91. The quantitative estimate of drug-likeness (QED) is 0.521. The Hall–Kier alpha value is -3.42. The van der Waals surface area contributed by atoms with Crippen molar-refractivity contribution in [3.8, 4) is 11.1 Å². The fourth-order valence-corrected chi connectivity index (χ4v) is 4.16. The molecule has 34 heavy (non-hydrogen) atoms. The number of halogens is 2. The van der Waals surface area contributed by atoms with Crippen LogP contribution in [-0.4, -0.2) is 33.9 Å². The van der Waals surface area contributed by atoms with E-state index in [-0.39, 0.29) is 22.5 Å². The van der Waals surface area contributed by atoms with Gasteiger partial charge in [-0.05, 0) is 43.0 Å². The van der Waals surface area contributed by atoms with Crippen LogP contribution in [0.15, 0.2) is 36.7 Å². The van der Waals surface area contributed by atoms with E-state index in [1.165, 1.54) is 12.4 Å². The van der Waals surface area contributed by atoms with Crippen LogP contribution < -0.4 is 10.2 Å². The molecule has 4 rings (SSSR count). The van der Waals surface area contributed by atoms with E-state index >= 15 is 0 Å². The zero-order chi connectivity index (χ0) is 24.6. The van der Waals surface area contributed by atoms with Crippen LogP contribution in [0.25, 0.3) is 11.1 Å². The van der Waals surface area contributed by atoms with Crippen LogP contribution in [0, 0.1) is 24.0 Å². The van der Waals surface area contributed by atoms with E-state index in [4.69, 9.17) is 4.98 Å². The van der Waals surface area contributed by atoms with Gasteiger partial charge in [0.25, 0.3) is 5.91 Å². The Balaban J connectivity index is 1.82. The van der Waals surface area contributed by atoms with Gasteiger partial charge in [-0.15, -0.1) is 0 Å². The standard InChI is InChI=1S/C26H29F2N5O/c1-15(2)23-29-12-17(13-30-23)25(34)32-22-20(19-11-18(27)6-7-21(19)28)10-16(3)31-24(22)33-9-8-26(4,5)14-33/h6-7,10-13,15H,8-9,14H2,1-5H3,(H,32,34). The summed E-state index contributed by atoms with van der Waals surface area (Å²) in [4.78, 5) is 28.5. The van der Waals surface area contributed by atoms with E-state index in [0.29, 0.717) is 28.6 Å². The Bertz CT molecular complexity index is 1220. The molecule has 0 saturated carbocycles. The van der Waals surface area contributed by atoms with E-state index in [2.05, 4.69) is 34.0 Å². The van der Waals surface area contributed by atoms with E-state index in [1.807, 2.05) is 13.8 Å². The molecule has 3 aromatic rings. The number of anilines is 2. The van der Waals surface area contributed by atoms with Gasteiger partial charge < -0.3 is 10.2 Å². The molecule has 0 unspecified atom stereocenters. The second kappa shape index (κ2) is 9.08. The highest BCUT2D eigenvalue weighted by atomic mass is 19.1. The number of carbonyl (C=O) groups excluding carboxylic acids is 1. The third-order valence-corrected chi connectivity index (χ3v) is 6.01. The molecule has 1 aromatic carbocycles. The van der Waals surface area contributed by atoms with Crippen LogP contribution in [0.1, 0.15) is 61.9 Å². The topological polar surface area (TPSA) is 71.0 Å². The predicted molar refractivity (Wildman–Crippen MR) is 129 cm³/mol. The summed E-state index contributed by atoms with van der Waals surface area (Å²) in [5, 5.41) is 2.91. The number of hydrogen-bond donors (Lipinski definition) is 1. The van der Waals surface area contributed by atoms with Crippen molar-refractivity contribution in [1.29, 1.82) is 0 Å². The SMILES string of the molecule is Cc1cc(-c2cc(F)ccc2F)c(NC(=O)c2cnc(C(C)C)nc2)c(N2CCC(C)(C)C2)n1. The summed E-state index contributed by atoms with van der Waals surface area (Å²) in [7, 11) is 0. The number of aryl methyl sites for hydroxylation is 1. The highest BCUT2D eigenvalue weighted by molar-refractivity contribution is 6.08. The summed E-state index contributed by atoms with van der Waals surface area (Å²) in [6.07, 6.45) is 3.89. The number of benzene rings is 1. The lowest BCUT2D eigenvalue weighted by Gasteiger charge is -2.25. The van der Waals surface area contributed by atoms with Gasteiger partial charge in [-0.1, -0.05) is 27.7 Å². The molecule has 0 spiro atoms. The lowest BCUT2D eigenvalue weighted by molar-refractivity contribution is 0.102. The highest BCUT2D eigenvalue weighted by Crippen LogP contribution is 2.41. The van der Waals surface area contributed by atoms with Crippen LogP contribution in [-0.2, 0) is 0 Å². The van der Waals surface area contributed by atoms with Crippen molar-refractivity contribution in [2.24, 2.45) is 5.41 Å². The summed E-state index contributed by atoms with van der Waals surface area (Å²) in [6.45, 7) is 11.5. The van der Waals surface area contributed by atoms with Crippen LogP contribution in [0.3, 0.4) is 0 Å². The van der Waals surface area contributed by atoms with E-state index in [9.17, 15) is 13.6 Å². The van der Waals surface area contributed by atoms with E-state index in [0.717, 1.165) is 37.7 Å². The summed E-state index contributed by atoms with van der Waals surface area (Å²) in [5.74, 6) is -0.289. The molecular formula is C26H29F2N5O. The number of pyridine rings is 1. The zero-order valence-corrected chi connectivity index (χ0v) is 20.1. The Labute approximate surface area is 198 Å². The molecule has 6 nitrogen and oxygen atoms in total.